The van der Waals surface area contributed by atoms with Crippen molar-refractivity contribution >= 4 is 23.5 Å². The highest BCUT2D eigenvalue weighted by molar-refractivity contribution is 7.81. The monoisotopic (exact) mass is 159 g/mol. The second-order valence-electron chi connectivity index (χ2n) is 2.51. The van der Waals surface area contributed by atoms with Crippen LogP contribution < -0.4 is 5.32 Å². The molecule has 0 radical (unpaired) electrons. The number of carbonyl (C=O) groups excluding carboxylic acids is 1. The van der Waals surface area contributed by atoms with E-state index in [4.69, 9.17) is 17.3 Å². The topological polar surface area (TPSA) is 49.3 Å². The number of hydrogen-bond acceptors (Lipinski definition) is 3. The molecular formula is C6H9NO2S. The van der Waals surface area contributed by atoms with E-state index in [1.54, 1.807) is 6.92 Å². The van der Waals surface area contributed by atoms with Crippen molar-refractivity contribution in [2.75, 3.05) is 0 Å². The molecule has 2 N–H and O–H groups in total. The van der Waals surface area contributed by atoms with Crippen LogP contribution >= 0.6 is 12.2 Å². The third-order valence-electron chi connectivity index (χ3n) is 1.84. The van der Waals surface area contributed by atoms with Crippen molar-refractivity contribution < 1.29 is 9.90 Å². The summed E-state index contributed by atoms with van der Waals surface area (Å²) in [6.45, 7) is 1.62. The minimum atomic E-state index is -0.579. The van der Waals surface area contributed by atoms with Gasteiger partial charge in [-0.2, -0.15) is 0 Å². The van der Waals surface area contributed by atoms with Gasteiger partial charge < -0.3 is 10.4 Å². The summed E-state index contributed by atoms with van der Waals surface area (Å²) in [6.07, 6.45) is 0.621. The van der Waals surface area contributed by atoms with Gasteiger partial charge in [0.25, 0.3) is 0 Å². The molecule has 0 unspecified atom stereocenters. The molecule has 3 nitrogen and oxygen atoms in total. The highest BCUT2D eigenvalue weighted by atomic mass is 32.1. The van der Waals surface area contributed by atoms with E-state index in [-0.39, 0.29) is 0 Å². The van der Waals surface area contributed by atoms with Crippen LogP contribution in [0.2, 0.25) is 0 Å². The molecule has 1 amide bonds. The number of hydrogen-bond donors (Lipinski definition) is 2. The summed E-state index contributed by atoms with van der Waals surface area (Å²) < 4.78 is 0. The van der Waals surface area contributed by atoms with Gasteiger partial charge in [0.15, 0.2) is 0 Å². The van der Waals surface area contributed by atoms with E-state index >= 15 is 0 Å². The Hall–Kier alpha value is -0.480. The third kappa shape index (κ3) is 0.932. The van der Waals surface area contributed by atoms with Crippen molar-refractivity contribution in [3.05, 3.63) is 0 Å². The molecule has 1 saturated carbocycles. The molecule has 0 spiro atoms. The number of carbonyl (C=O) groups is 1. The van der Waals surface area contributed by atoms with Crippen molar-refractivity contribution in [3.63, 3.8) is 0 Å². The Labute approximate surface area is 64.4 Å². The Balaban J connectivity index is 2.63. The van der Waals surface area contributed by atoms with Crippen molar-refractivity contribution in [3.8, 4) is 0 Å². The molecule has 1 aliphatic carbocycles. The molecule has 1 aliphatic rings. The van der Waals surface area contributed by atoms with E-state index in [0.717, 1.165) is 4.86 Å². The van der Waals surface area contributed by atoms with E-state index in [0.29, 0.717) is 12.8 Å². The molecule has 0 aliphatic heterocycles. The van der Waals surface area contributed by atoms with Crippen LogP contribution in [0.15, 0.2) is 0 Å². The van der Waals surface area contributed by atoms with Crippen molar-refractivity contribution in [2.45, 2.75) is 25.0 Å². The van der Waals surface area contributed by atoms with Gasteiger partial charge in [0.2, 0.25) is 6.41 Å². The summed E-state index contributed by atoms with van der Waals surface area (Å²) in [4.78, 5) is 10.8. The van der Waals surface area contributed by atoms with E-state index in [1.165, 1.54) is 0 Å². The first-order chi connectivity index (χ1) is 4.63. The van der Waals surface area contributed by atoms with Gasteiger partial charge in [-0.15, -0.1) is 0 Å². The summed E-state index contributed by atoms with van der Waals surface area (Å²) in [5, 5.41) is 11.6. The van der Waals surface area contributed by atoms with Gasteiger partial charge >= 0.3 is 0 Å². The number of amides is 1. The molecule has 0 aromatic carbocycles. The Bertz CT molecular complexity index is 181. The zero-order valence-electron chi connectivity index (χ0n) is 5.63. The average Bonchev–Trinajstić information content (AvgIpc) is 2.44. The Morgan fingerprint density at radius 3 is 2.60 bits per heavy atom. The van der Waals surface area contributed by atoms with Gasteiger partial charge in [-0.05, 0) is 6.92 Å². The van der Waals surface area contributed by atoms with E-state index in [1.807, 2.05) is 0 Å². The molecule has 0 aromatic heterocycles. The molecule has 0 bridgehead atoms. The van der Waals surface area contributed by atoms with E-state index < -0.39 is 11.6 Å². The maximum atomic E-state index is 10.0. The van der Waals surface area contributed by atoms with Crippen LogP contribution in [-0.4, -0.2) is 28.0 Å². The van der Waals surface area contributed by atoms with Crippen LogP contribution in [0.5, 0.6) is 0 Å². The summed E-state index contributed by atoms with van der Waals surface area (Å²) in [5.41, 5.74) is -0.572. The number of rotatable bonds is 3. The number of aliphatic hydroxyl groups is 1. The van der Waals surface area contributed by atoms with Gasteiger partial charge in [0.1, 0.15) is 5.54 Å². The van der Waals surface area contributed by atoms with Gasteiger partial charge in [0.05, 0.1) is 6.10 Å². The fourth-order valence-electron chi connectivity index (χ4n) is 0.947. The highest BCUT2D eigenvalue weighted by Crippen LogP contribution is 2.35. The van der Waals surface area contributed by atoms with Gasteiger partial charge in [-0.1, -0.05) is 12.2 Å². The molecular weight excluding hydrogens is 150 g/mol. The Morgan fingerprint density at radius 2 is 2.50 bits per heavy atom. The fraction of sp³-hybridized carbons (Fsp3) is 0.667. The first kappa shape index (κ1) is 7.63. The summed E-state index contributed by atoms with van der Waals surface area (Å²) >= 11 is 4.84. The standard InChI is InChI=1S/C6H9NO2S/c1-4(9)6(7-3-8)2-5(6)10/h3-4,9H,2H2,1H3,(H,7,8)/t4-,6-/m1/s1. The molecule has 2 atom stereocenters. The Kier molecular flexibility index (Phi) is 1.74. The van der Waals surface area contributed by atoms with Crippen molar-refractivity contribution in [2.24, 2.45) is 0 Å². The summed E-state index contributed by atoms with van der Waals surface area (Å²) in [5.74, 6) is 0. The molecule has 1 rings (SSSR count). The highest BCUT2D eigenvalue weighted by Gasteiger charge is 2.53. The number of aliphatic hydroxyl groups excluding tert-OH is 1. The fourth-order valence-corrected chi connectivity index (χ4v) is 1.40. The van der Waals surface area contributed by atoms with Crippen molar-refractivity contribution in [1.82, 2.24) is 5.32 Å². The van der Waals surface area contributed by atoms with E-state index in [2.05, 4.69) is 5.32 Å². The van der Waals surface area contributed by atoms with Gasteiger partial charge in [-0.25, -0.2) is 0 Å². The zero-order chi connectivity index (χ0) is 7.78. The molecule has 10 heavy (non-hydrogen) atoms. The molecule has 56 valence electrons. The number of nitrogens with one attached hydrogen (secondary N) is 1. The lowest BCUT2D eigenvalue weighted by atomic mass is 10.1. The molecule has 0 aromatic rings. The second-order valence-corrected chi connectivity index (χ2v) is 3.00. The lowest BCUT2D eigenvalue weighted by molar-refractivity contribution is -0.110. The van der Waals surface area contributed by atoms with Gasteiger partial charge in [0, 0.05) is 11.3 Å². The minimum Gasteiger partial charge on any atom is -0.391 e. The molecule has 4 heteroatoms. The van der Waals surface area contributed by atoms with Crippen LogP contribution in [0.4, 0.5) is 0 Å². The van der Waals surface area contributed by atoms with Crippen LogP contribution in [0, 0.1) is 0 Å². The maximum Gasteiger partial charge on any atom is 0.207 e. The summed E-state index contributed by atoms with van der Waals surface area (Å²) in [7, 11) is 0. The second kappa shape index (κ2) is 2.29. The third-order valence-corrected chi connectivity index (χ3v) is 2.35. The summed E-state index contributed by atoms with van der Waals surface area (Å²) in [6, 6.07) is 0. The maximum absolute atomic E-state index is 10.0. The SMILES string of the molecule is C[C@@H](O)[C@]1(NC=O)CC1=S. The largest absolute Gasteiger partial charge is 0.391 e. The normalized spacial score (nSPS) is 33.2. The van der Waals surface area contributed by atoms with Crippen LogP contribution in [0.3, 0.4) is 0 Å². The number of thiocarbonyl (C=S) groups is 1. The first-order valence-corrected chi connectivity index (χ1v) is 3.47. The van der Waals surface area contributed by atoms with Gasteiger partial charge in [-0.3, -0.25) is 4.79 Å². The first-order valence-electron chi connectivity index (χ1n) is 3.06. The molecule has 1 fully saturated rings. The van der Waals surface area contributed by atoms with Crippen LogP contribution in [0.25, 0.3) is 0 Å². The Morgan fingerprint density at radius 1 is 2.00 bits per heavy atom. The average molecular weight is 159 g/mol. The zero-order valence-corrected chi connectivity index (χ0v) is 6.44. The van der Waals surface area contributed by atoms with Crippen LogP contribution in [0.1, 0.15) is 13.3 Å². The van der Waals surface area contributed by atoms with Crippen molar-refractivity contribution in [1.29, 1.82) is 0 Å². The quantitative estimate of drug-likeness (QED) is 0.436. The van der Waals surface area contributed by atoms with Crippen LogP contribution in [-0.2, 0) is 4.79 Å². The lowest BCUT2D eigenvalue weighted by Crippen LogP contribution is -2.41. The molecule has 0 heterocycles. The molecule has 0 saturated heterocycles. The minimum absolute atomic E-state index is 0.572. The lowest BCUT2D eigenvalue weighted by Gasteiger charge is -2.15. The van der Waals surface area contributed by atoms with E-state index in [9.17, 15) is 4.79 Å². The smallest absolute Gasteiger partial charge is 0.207 e. The predicted molar refractivity (Wildman–Crippen MR) is 40.8 cm³/mol. The predicted octanol–water partition coefficient (Wildman–Crippen LogP) is -0.374.